The van der Waals surface area contributed by atoms with E-state index in [9.17, 15) is 62.8 Å². The minimum absolute atomic E-state index is 0.0350. The molecule has 0 bridgehead atoms. The number of benzene rings is 1. The summed E-state index contributed by atoms with van der Waals surface area (Å²) in [5, 5.41) is 9.53. The van der Waals surface area contributed by atoms with Crippen LogP contribution >= 0.6 is 0 Å². The van der Waals surface area contributed by atoms with Gasteiger partial charge in [-0.1, -0.05) is 0 Å². The van der Waals surface area contributed by atoms with E-state index in [4.69, 9.17) is 0 Å². The number of hydrogen-bond acceptors (Lipinski definition) is 6. The number of hydrogen-bond donors (Lipinski definition) is 1. The van der Waals surface area contributed by atoms with Crippen LogP contribution in [0, 0.1) is 16.7 Å². The maximum absolute atomic E-state index is 13.8. The second kappa shape index (κ2) is 9.66. The molecule has 0 aromatic heterocycles. The summed E-state index contributed by atoms with van der Waals surface area (Å²) in [6.07, 6.45) is -17.2. The van der Waals surface area contributed by atoms with Gasteiger partial charge in [0, 0.05) is 6.54 Å². The maximum Gasteiger partial charge on any atom is 0.422 e. The van der Waals surface area contributed by atoms with Gasteiger partial charge in [-0.25, -0.2) is 8.42 Å². The molecule has 3 fully saturated rings. The minimum atomic E-state index is -5.43. The first-order chi connectivity index (χ1) is 18.7. The third-order valence-electron chi connectivity index (χ3n) is 7.26. The van der Waals surface area contributed by atoms with Crippen molar-refractivity contribution in [3.63, 3.8) is 0 Å². The molecular formula is C23H20F9N3O5S. The van der Waals surface area contributed by atoms with E-state index >= 15 is 0 Å². The number of nitriles is 1. The summed E-state index contributed by atoms with van der Waals surface area (Å²) in [5.74, 6) is -3.71. The fraction of sp³-hybridized carbons (Fsp3) is 0.609. The Balaban J connectivity index is 1.69. The topological polar surface area (TPSA) is 117 Å². The number of amides is 2. The van der Waals surface area contributed by atoms with Gasteiger partial charge < -0.3 is 15.0 Å². The second-order valence-corrected chi connectivity index (χ2v) is 12.4. The van der Waals surface area contributed by atoms with Gasteiger partial charge >= 0.3 is 18.5 Å². The van der Waals surface area contributed by atoms with Crippen LogP contribution in [0.25, 0.3) is 0 Å². The highest BCUT2D eigenvalue weighted by Gasteiger charge is 2.70. The standard InChI is InChI=1S/C23H20F9N3O5S/c24-21(25,26)11-40-12-1-2-16(14(7-12)22(27,28)29)41(38,39)13-8-15(17(36)34-19(10-33)3-4-19)35(9-13)18(37)20(5-6-20)23(30,31)32/h1-2,7,13,15H,3-6,8-9,11H2,(H,34,36). The van der Waals surface area contributed by atoms with E-state index in [0.29, 0.717) is 17.0 Å². The van der Waals surface area contributed by atoms with Gasteiger partial charge in [-0.3, -0.25) is 9.59 Å². The Kier molecular flexibility index (Phi) is 7.24. The zero-order valence-electron chi connectivity index (χ0n) is 20.6. The number of nitrogens with zero attached hydrogens (tertiary/aromatic N) is 2. The van der Waals surface area contributed by atoms with Crippen LogP contribution in [0.3, 0.4) is 0 Å². The van der Waals surface area contributed by atoms with Crippen molar-refractivity contribution >= 4 is 21.7 Å². The molecule has 41 heavy (non-hydrogen) atoms. The fourth-order valence-electron chi connectivity index (χ4n) is 4.64. The third-order valence-corrected chi connectivity index (χ3v) is 9.45. The lowest BCUT2D eigenvalue weighted by Crippen LogP contribution is -2.53. The Morgan fingerprint density at radius 2 is 1.66 bits per heavy atom. The molecule has 2 saturated carbocycles. The molecule has 2 unspecified atom stereocenters. The molecule has 3 aliphatic rings. The largest absolute Gasteiger partial charge is 0.484 e. The monoisotopic (exact) mass is 621 g/mol. The number of rotatable bonds is 7. The average Bonchev–Trinajstić information content (AvgIpc) is 3.77. The highest BCUT2D eigenvalue weighted by atomic mass is 32.2. The molecule has 2 aliphatic carbocycles. The fourth-order valence-corrected chi connectivity index (χ4v) is 6.53. The Morgan fingerprint density at radius 3 is 2.12 bits per heavy atom. The van der Waals surface area contributed by atoms with Crippen LogP contribution in [0.15, 0.2) is 23.1 Å². The van der Waals surface area contributed by atoms with E-state index in [1.54, 1.807) is 6.07 Å². The van der Waals surface area contributed by atoms with Crippen LogP contribution in [0.2, 0.25) is 0 Å². The molecule has 1 aromatic rings. The highest BCUT2D eigenvalue weighted by molar-refractivity contribution is 7.92. The van der Waals surface area contributed by atoms with Crippen molar-refractivity contribution in [1.82, 2.24) is 10.2 Å². The van der Waals surface area contributed by atoms with Gasteiger partial charge in [-0.2, -0.15) is 44.8 Å². The SMILES string of the molecule is N#CC1(NC(=O)C2CC(S(=O)(=O)c3ccc(OCC(F)(F)F)cc3C(F)(F)F)CN2C(=O)C2(C(F)(F)F)CC2)CC1. The first-order valence-corrected chi connectivity index (χ1v) is 13.5. The van der Waals surface area contributed by atoms with Gasteiger partial charge in [0.25, 0.3) is 0 Å². The quantitative estimate of drug-likeness (QED) is 0.462. The van der Waals surface area contributed by atoms with Crippen molar-refractivity contribution in [3.05, 3.63) is 23.8 Å². The summed E-state index contributed by atoms with van der Waals surface area (Å²) >= 11 is 0. The zero-order chi connectivity index (χ0) is 30.8. The summed E-state index contributed by atoms with van der Waals surface area (Å²) in [7, 11) is -5.16. The van der Waals surface area contributed by atoms with Gasteiger partial charge in [-0.05, 0) is 50.3 Å². The number of likely N-dealkylation sites (tertiary alicyclic amines) is 1. The number of nitrogens with one attached hydrogen (secondary N) is 1. The van der Waals surface area contributed by atoms with Crippen LogP contribution in [0.5, 0.6) is 5.75 Å². The molecular weight excluding hydrogens is 601 g/mol. The predicted octanol–water partition coefficient (Wildman–Crippen LogP) is 3.90. The zero-order valence-corrected chi connectivity index (χ0v) is 21.4. The Labute approximate surface area is 226 Å². The lowest BCUT2D eigenvalue weighted by Gasteiger charge is -2.29. The van der Waals surface area contributed by atoms with E-state index in [2.05, 4.69) is 10.1 Å². The summed E-state index contributed by atoms with van der Waals surface area (Å²) < 4.78 is 151. The Morgan fingerprint density at radius 1 is 1.05 bits per heavy atom. The summed E-state index contributed by atoms with van der Waals surface area (Å²) in [4.78, 5) is 25.0. The molecule has 1 saturated heterocycles. The smallest absolute Gasteiger partial charge is 0.422 e. The van der Waals surface area contributed by atoms with Gasteiger partial charge in [0.05, 0.1) is 21.8 Å². The first-order valence-electron chi connectivity index (χ1n) is 11.9. The molecule has 2 amide bonds. The molecule has 0 spiro atoms. The molecule has 1 aromatic carbocycles. The predicted molar refractivity (Wildman–Crippen MR) is 118 cm³/mol. The van der Waals surface area contributed by atoms with Crippen LogP contribution < -0.4 is 10.1 Å². The molecule has 4 rings (SSSR count). The summed E-state index contributed by atoms with van der Waals surface area (Å²) in [6, 6.07) is 0.866. The summed E-state index contributed by atoms with van der Waals surface area (Å²) in [5.41, 5.74) is -6.15. The van der Waals surface area contributed by atoms with Crippen molar-refractivity contribution in [2.75, 3.05) is 13.2 Å². The lowest BCUT2D eigenvalue weighted by atomic mass is 10.0. The Bertz CT molecular complexity index is 1390. The normalized spacial score (nSPS) is 23.5. The molecule has 0 radical (unpaired) electrons. The number of alkyl halides is 9. The number of carbonyl (C=O) groups excluding carboxylic acids is 2. The van der Waals surface area contributed by atoms with Crippen LogP contribution in [0.4, 0.5) is 39.5 Å². The van der Waals surface area contributed by atoms with Crippen molar-refractivity contribution in [1.29, 1.82) is 5.26 Å². The molecule has 1 heterocycles. The van der Waals surface area contributed by atoms with Gasteiger partial charge in [0.1, 0.15) is 22.7 Å². The van der Waals surface area contributed by atoms with Crippen molar-refractivity contribution in [2.45, 2.75) is 72.4 Å². The molecule has 18 heteroatoms. The highest BCUT2D eigenvalue weighted by Crippen LogP contribution is 2.59. The second-order valence-electron chi connectivity index (χ2n) is 10.2. The van der Waals surface area contributed by atoms with E-state index < -0.39 is 111 Å². The number of ether oxygens (including phenoxy) is 1. The minimum Gasteiger partial charge on any atom is -0.484 e. The van der Waals surface area contributed by atoms with Crippen LogP contribution in [-0.2, 0) is 25.6 Å². The van der Waals surface area contributed by atoms with Crippen LogP contribution in [0.1, 0.15) is 37.7 Å². The van der Waals surface area contributed by atoms with E-state index in [1.807, 2.05) is 0 Å². The average molecular weight is 621 g/mol. The molecule has 226 valence electrons. The molecule has 1 aliphatic heterocycles. The summed E-state index contributed by atoms with van der Waals surface area (Å²) in [6.45, 7) is -3.04. The first kappa shape index (κ1) is 30.7. The Hall–Kier alpha value is -3.23. The molecule has 2 atom stereocenters. The number of sulfone groups is 1. The van der Waals surface area contributed by atoms with E-state index in [1.165, 1.54) is 0 Å². The van der Waals surface area contributed by atoms with Gasteiger partial charge in [0.15, 0.2) is 16.4 Å². The van der Waals surface area contributed by atoms with Crippen molar-refractivity contribution in [3.8, 4) is 11.8 Å². The molecule has 8 nitrogen and oxygen atoms in total. The lowest BCUT2D eigenvalue weighted by molar-refractivity contribution is -0.199. The number of halogens is 9. The maximum atomic E-state index is 13.8. The van der Waals surface area contributed by atoms with Crippen LogP contribution in [-0.4, -0.2) is 67.5 Å². The van der Waals surface area contributed by atoms with Crippen molar-refractivity contribution < 1.29 is 62.3 Å². The van der Waals surface area contributed by atoms with E-state index in [-0.39, 0.29) is 18.9 Å². The van der Waals surface area contributed by atoms with E-state index in [0.717, 1.165) is 0 Å². The third kappa shape index (κ3) is 5.90. The van der Waals surface area contributed by atoms with Gasteiger partial charge in [0.2, 0.25) is 11.8 Å². The molecule has 1 N–H and O–H groups in total. The van der Waals surface area contributed by atoms with Crippen molar-refractivity contribution in [2.24, 2.45) is 5.41 Å². The number of carbonyl (C=O) groups is 2. The van der Waals surface area contributed by atoms with Gasteiger partial charge in [-0.15, -0.1) is 0 Å².